The van der Waals surface area contributed by atoms with Crippen LogP contribution in [-0.2, 0) is 0 Å². The number of hydrogen-bond acceptors (Lipinski definition) is 2. The van der Waals surface area contributed by atoms with E-state index in [1.54, 1.807) is 0 Å². The molecule has 2 rings (SSSR count). The van der Waals surface area contributed by atoms with Crippen LogP contribution in [0.5, 0.6) is 5.75 Å². The van der Waals surface area contributed by atoms with Gasteiger partial charge in [-0.3, -0.25) is 0 Å². The molecule has 1 aromatic rings. The minimum absolute atomic E-state index is 0.0442. The molecule has 1 N–H and O–H groups in total. The Morgan fingerprint density at radius 1 is 1.33 bits per heavy atom. The Kier molecular flexibility index (Phi) is 2.47. The van der Waals surface area contributed by atoms with E-state index in [1.165, 1.54) is 0 Å². The highest BCUT2D eigenvalue weighted by molar-refractivity contribution is 5.40. The number of ether oxygens (including phenoxy) is 1. The number of benzene rings is 1. The van der Waals surface area contributed by atoms with Gasteiger partial charge >= 0.3 is 0 Å². The van der Waals surface area contributed by atoms with Crippen LogP contribution in [0.4, 0.5) is 0 Å². The number of para-hydroxylation sites is 1. The van der Waals surface area contributed by atoms with Gasteiger partial charge in [0.05, 0.1) is 5.60 Å². The Hall–Kier alpha value is -1.02. The lowest BCUT2D eigenvalue weighted by molar-refractivity contribution is -0.118. The van der Waals surface area contributed by atoms with Crippen molar-refractivity contribution in [1.82, 2.24) is 0 Å². The van der Waals surface area contributed by atoms with E-state index in [0.717, 1.165) is 29.7 Å². The summed E-state index contributed by atoms with van der Waals surface area (Å²) < 4.78 is 5.88. The largest absolute Gasteiger partial charge is 0.487 e. The Morgan fingerprint density at radius 3 is 2.33 bits per heavy atom. The van der Waals surface area contributed by atoms with Gasteiger partial charge in [-0.1, -0.05) is 18.2 Å². The van der Waals surface area contributed by atoms with Gasteiger partial charge in [-0.25, -0.2) is 0 Å². The maximum absolute atomic E-state index is 9.89. The molecule has 0 saturated heterocycles. The molecule has 0 radical (unpaired) electrons. The Balaban J connectivity index is 2.18. The number of aryl methyl sites for hydroxylation is 2. The molecule has 0 aromatic heterocycles. The second-order valence-corrected chi connectivity index (χ2v) is 4.72. The first-order valence-electron chi connectivity index (χ1n) is 5.46. The van der Waals surface area contributed by atoms with Gasteiger partial charge in [-0.05, 0) is 44.7 Å². The van der Waals surface area contributed by atoms with Crippen molar-refractivity contribution >= 4 is 0 Å². The molecule has 1 fully saturated rings. The zero-order valence-electron chi connectivity index (χ0n) is 9.58. The van der Waals surface area contributed by atoms with Crippen molar-refractivity contribution in [3.8, 4) is 5.75 Å². The summed E-state index contributed by atoms with van der Waals surface area (Å²) >= 11 is 0. The van der Waals surface area contributed by atoms with Gasteiger partial charge in [0, 0.05) is 0 Å². The molecule has 15 heavy (non-hydrogen) atoms. The molecule has 82 valence electrons. The molecular formula is C13H18O2. The van der Waals surface area contributed by atoms with E-state index in [1.807, 2.05) is 39.0 Å². The van der Waals surface area contributed by atoms with Crippen LogP contribution in [0.25, 0.3) is 0 Å². The predicted molar refractivity (Wildman–Crippen MR) is 60.2 cm³/mol. The molecule has 0 amide bonds. The van der Waals surface area contributed by atoms with E-state index >= 15 is 0 Å². The normalized spacial score (nSPS) is 29.7. The van der Waals surface area contributed by atoms with E-state index in [4.69, 9.17) is 4.74 Å². The minimum Gasteiger partial charge on any atom is -0.487 e. The van der Waals surface area contributed by atoms with Crippen LogP contribution in [0.3, 0.4) is 0 Å². The molecule has 2 atom stereocenters. The molecule has 2 nitrogen and oxygen atoms in total. The zero-order chi connectivity index (χ0) is 11.1. The Bertz CT molecular complexity index is 349. The molecule has 1 aliphatic rings. The van der Waals surface area contributed by atoms with Gasteiger partial charge in [-0.15, -0.1) is 0 Å². The molecule has 0 unspecified atom stereocenters. The van der Waals surface area contributed by atoms with E-state index in [9.17, 15) is 5.11 Å². The first-order chi connectivity index (χ1) is 7.00. The summed E-state index contributed by atoms with van der Waals surface area (Å²) in [5.74, 6) is 0.933. The summed E-state index contributed by atoms with van der Waals surface area (Å²) in [6, 6.07) is 6.10. The quantitative estimate of drug-likeness (QED) is 0.806. The van der Waals surface area contributed by atoms with Crippen LogP contribution in [0, 0.1) is 13.8 Å². The molecule has 1 aromatic carbocycles. The lowest BCUT2D eigenvalue weighted by atomic mass is 9.78. The van der Waals surface area contributed by atoms with Crippen molar-refractivity contribution in [1.29, 1.82) is 0 Å². The third-order valence-electron chi connectivity index (χ3n) is 3.28. The summed E-state index contributed by atoms with van der Waals surface area (Å²) in [4.78, 5) is 0. The molecular weight excluding hydrogens is 188 g/mol. The van der Waals surface area contributed by atoms with Gasteiger partial charge in [0.1, 0.15) is 11.9 Å². The van der Waals surface area contributed by atoms with E-state index in [0.29, 0.717) is 0 Å². The fourth-order valence-electron chi connectivity index (χ4n) is 1.99. The average Bonchev–Trinajstić information content (AvgIpc) is 2.15. The van der Waals surface area contributed by atoms with E-state index < -0.39 is 5.60 Å². The Morgan fingerprint density at radius 2 is 1.93 bits per heavy atom. The van der Waals surface area contributed by atoms with Crippen molar-refractivity contribution in [2.24, 2.45) is 0 Å². The topological polar surface area (TPSA) is 29.5 Å². The maximum Gasteiger partial charge on any atom is 0.127 e. The number of hydrogen-bond donors (Lipinski definition) is 1. The van der Waals surface area contributed by atoms with Crippen molar-refractivity contribution in [2.45, 2.75) is 45.3 Å². The highest BCUT2D eigenvalue weighted by atomic mass is 16.5. The first-order valence-corrected chi connectivity index (χ1v) is 5.46. The van der Waals surface area contributed by atoms with Crippen LogP contribution < -0.4 is 4.74 Å². The monoisotopic (exact) mass is 206 g/mol. The number of aliphatic hydroxyl groups is 1. The molecule has 0 spiro atoms. The second-order valence-electron chi connectivity index (χ2n) is 4.72. The fourth-order valence-corrected chi connectivity index (χ4v) is 1.99. The highest BCUT2D eigenvalue weighted by Crippen LogP contribution is 2.36. The summed E-state index contributed by atoms with van der Waals surface area (Å²) in [5, 5.41) is 9.89. The molecule has 2 heteroatoms. The summed E-state index contributed by atoms with van der Waals surface area (Å²) in [5.41, 5.74) is 1.63. The van der Waals surface area contributed by atoms with E-state index in [-0.39, 0.29) is 6.10 Å². The summed E-state index contributed by atoms with van der Waals surface area (Å²) in [7, 11) is 0. The van der Waals surface area contributed by atoms with Crippen LogP contribution in [0.2, 0.25) is 0 Å². The summed E-state index contributed by atoms with van der Waals surface area (Å²) in [6.45, 7) is 5.92. The van der Waals surface area contributed by atoms with Gasteiger partial charge < -0.3 is 9.84 Å². The highest BCUT2D eigenvalue weighted by Gasteiger charge is 2.43. The third-order valence-corrected chi connectivity index (χ3v) is 3.28. The molecule has 0 aliphatic heterocycles. The molecule has 0 heterocycles. The van der Waals surface area contributed by atoms with Crippen LogP contribution >= 0.6 is 0 Å². The SMILES string of the molecule is Cc1cccc(C)c1O[C@H]1CC[C@]1(C)O. The third kappa shape index (κ3) is 1.86. The van der Waals surface area contributed by atoms with Crippen molar-refractivity contribution < 1.29 is 9.84 Å². The first kappa shape index (κ1) is 10.5. The standard InChI is InChI=1S/C13H18O2/c1-9-5-4-6-10(2)12(9)15-11-7-8-13(11,3)14/h4-6,11,14H,7-8H2,1-3H3/t11-,13-/m0/s1. The van der Waals surface area contributed by atoms with Gasteiger partial charge in [0.2, 0.25) is 0 Å². The smallest absolute Gasteiger partial charge is 0.127 e. The van der Waals surface area contributed by atoms with Crippen LogP contribution in [0.15, 0.2) is 18.2 Å². The van der Waals surface area contributed by atoms with Crippen LogP contribution in [0.1, 0.15) is 30.9 Å². The minimum atomic E-state index is -0.644. The van der Waals surface area contributed by atoms with Gasteiger partial charge in [0.15, 0.2) is 0 Å². The van der Waals surface area contributed by atoms with Gasteiger partial charge in [-0.2, -0.15) is 0 Å². The summed E-state index contributed by atoms with van der Waals surface area (Å²) in [6.07, 6.45) is 1.74. The average molecular weight is 206 g/mol. The fraction of sp³-hybridized carbons (Fsp3) is 0.538. The van der Waals surface area contributed by atoms with Crippen molar-refractivity contribution in [3.63, 3.8) is 0 Å². The van der Waals surface area contributed by atoms with Crippen molar-refractivity contribution in [2.75, 3.05) is 0 Å². The molecule has 0 bridgehead atoms. The van der Waals surface area contributed by atoms with Crippen LogP contribution in [-0.4, -0.2) is 16.8 Å². The lowest BCUT2D eigenvalue weighted by Crippen LogP contribution is -2.52. The van der Waals surface area contributed by atoms with Crippen molar-refractivity contribution in [3.05, 3.63) is 29.3 Å². The lowest BCUT2D eigenvalue weighted by Gasteiger charge is -2.42. The van der Waals surface area contributed by atoms with Gasteiger partial charge in [0.25, 0.3) is 0 Å². The molecule has 1 aliphatic carbocycles. The predicted octanol–water partition coefficient (Wildman–Crippen LogP) is 2.60. The second kappa shape index (κ2) is 3.53. The Labute approximate surface area is 90.9 Å². The zero-order valence-corrected chi connectivity index (χ0v) is 9.58. The molecule has 1 saturated carbocycles. The number of rotatable bonds is 2. The van der Waals surface area contributed by atoms with E-state index in [2.05, 4.69) is 0 Å². The maximum atomic E-state index is 9.89.